The number of amides is 1. The lowest BCUT2D eigenvalue weighted by Crippen LogP contribution is -2.15. The van der Waals surface area contributed by atoms with Crippen molar-refractivity contribution >= 4 is 11.6 Å². The molecule has 0 atom stereocenters. The number of nitrogens with zero attached hydrogens (tertiary/aromatic N) is 3. The van der Waals surface area contributed by atoms with Crippen molar-refractivity contribution in [3.63, 3.8) is 0 Å². The number of carbonyl (C=O) groups excluding carboxylic acids is 1. The summed E-state index contributed by atoms with van der Waals surface area (Å²) in [6.07, 6.45) is -8.58. The van der Waals surface area contributed by atoms with Crippen LogP contribution in [-0.2, 0) is 23.6 Å². The average molecular weight is 416 g/mol. The molecular weight excluding hydrogens is 406 g/mol. The summed E-state index contributed by atoms with van der Waals surface area (Å²) in [5.41, 5.74) is -0.238. The Morgan fingerprint density at radius 1 is 0.966 bits per heavy atom. The highest BCUT2D eigenvalue weighted by atomic mass is 19.4. The molecule has 152 valence electrons. The molecule has 2 aromatic heterocycles. The molecule has 0 saturated carbocycles. The van der Waals surface area contributed by atoms with Crippen LogP contribution in [0.4, 0.5) is 32.0 Å². The van der Waals surface area contributed by atoms with Crippen molar-refractivity contribution in [1.29, 1.82) is 0 Å². The van der Waals surface area contributed by atoms with E-state index >= 15 is 0 Å². The number of halogens is 6. The van der Waals surface area contributed by atoms with Crippen LogP contribution in [-0.4, -0.2) is 21.0 Å². The fourth-order valence-electron chi connectivity index (χ4n) is 2.25. The fraction of sp³-hybridized carbons (Fsp3) is 0.176. The predicted molar refractivity (Wildman–Crippen MR) is 86.3 cm³/mol. The van der Waals surface area contributed by atoms with E-state index in [0.717, 1.165) is 18.3 Å². The van der Waals surface area contributed by atoms with Crippen molar-refractivity contribution in [1.82, 2.24) is 15.1 Å². The summed E-state index contributed by atoms with van der Waals surface area (Å²) >= 11 is 0. The summed E-state index contributed by atoms with van der Waals surface area (Å²) < 4.78 is 79.0. The predicted octanol–water partition coefficient (Wildman–Crippen LogP) is 4.35. The lowest BCUT2D eigenvalue weighted by molar-refractivity contribution is -0.159. The molecule has 0 aliphatic heterocycles. The second kappa shape index (κ2) is 7.53. The Kier molecular flexibility index (Phi) is 5.27. The second-order valence-electron chi connectivity index (χ2n) is 5.77. The molecule has 0 bridgehead atoms. The van der Waals surface area contributed by atoms with Gasteiger partial charge in [0.05, 0.1) is 6.42 Å². The third kappa shape index (κ3) is 5.09. The van der Waals surface area contributed by atoms with Gasteiger partial charge in [-0.1, -0.05) is 11.2 Å². The van der Waals surface area contributed by atoms with Crippen LogP contribution in [0.15, 0.2) is 47.1 Å². The molecule has 1 aromatic carbocycles. The zero-order chi connectivity index (χ0) is 21.2. The number of anilines is 1. The first-order valence-corrected chi connectivity index (χ1v) is 7.86. The van der Waals surface area contributed by atoms with Crippen LogP contribution >= 0.6 is 0 Å². The van der Waals surface area contributed by atoms with Gasteiger partial charge in [0, 0.05) is 17.4 Å². The van der Waals surface area contributed by atoms with E-state index < -0.39 is 29.8 Å². The van der Waals surface area contributed by atoms with Crippen molar-refractivity contribution in [2.24, 2.45) is 0 Å². The Morgan fingerprint density at radius 3 is 2.17 bits per heavy atom. The molecule has 1 N–H and O–H groups in total. The van der Waals surface area contributed by atoms with Crippen molar-refractivity contribution in [3.05, 3.63) is 59.7 Å². The van der Waals surface area contributed by atoms with Crippen LogP contribution in [0.25, 0.3) is 11.4 Å². The molecule has 2 heterocycles. The first-order valence-electron chi connectivity index (χ1n) is 7.86. The number of benzene rings is 1. The Balaban J connectivity index is 1.62. The highest BCUT2D eigenvalue weighted by molar-refractivity contribution is 5.92. The average Bonchev–Trinajstić information content (AvgIpc) is 3.12. The highest BCUT2D eigenvalue weighted by Gasteiger charge is 2.38. The third-order valence-corrected chi connectivity index (χ3v) is 3.58. The van der Waals surface area contributed by atoms with Crippen molar-refractivity contribution < 1.29 is 35.7 Å². The van der Waals surface area contributed by atoms with E-state index in [-0.39, 0.29) is 23.4 Å². The first-order chi connectivity index (χ1) is 13.5. The van der Waals surface area contributed by atoms with Crippen molar-refractivity contribution in [3.8, 4) is 11.4 Å². The van der Waals surface area contributed by atoms with Crippen molar-refractivity contribution in [2.45, 2.75) is 18.8 Å². The Bertz CT molecular complexity index is 995. The van der Waals surface area contributed by atoms with Gasteiger partial charge in [-0.3, -0.25) is 9.78 Å². The standard InChI is InChI=1S/C17H10F6N4O2/c18-16(19,20)12-6-1-9(8-24-12)7-13(28)25-11-4-2-10(3-5-11)14-26-15(29-27-14)17(21,22)23/h1-6,8H,7H2,(H,25,28). The zero-order valence-corrected chi connectivity index (χ0v) is 14.2. The lowest BCUT2D eigenvalue weighted by atomic mass is 10.1. The first kappa shape index (κ1) is 20.3. The topological polar surface area (TPSA) is 80.9 Å². The molecule has 3 rings (SSSR count). The molecule has 0 aliphatic rings. The molecule has 0 saturated heterocycles. The zero-order valence-electron chi connectivity index (χ0n) is 14.2. The summed E-state index contributed by atoms with van der Waals surface area (Å²) in [4.78, 5) is 18.5. The van der Waals surface area contributed by atoms with Gasteiger partial charge in [-0.05, 0) is 35.9 Å². The summed E-state index contributed by atoms with van der Waals surface area (Å²) in [5, 5.41) is 5.75. The molecule has 1 amide bonds. The monoisotopic (exact) mass is 416 g/mol. The third-order valence-electron chi connectivity index (χ3n) is 3.58. The Labute approximate surface area is 158 Å². The van der Waals surface area contributed by atoms with E-state index in [1.807, 2.05) is 0 Å². The molecule has 0 unspecified atom stereocenters. The number of alkyl halides is 6. The number of aromatic nitrogens is 3. The summed E-state index contributed by atoms with van der Waals surface area (Å²) in [6, 6.07) is 7.48. The van der Waals surface area contributed by atoms with Gasteiger partial charge in [0.1, 0.15) is 5.69 Å². The van der Waals surface area contributed by atoms with Crippen LogP contribution in [0, 0.1) is 0 Å². The number of carbonyl (C=O) groups is 1. The normalized spacial score (nSPS) is 12.1. The Hall–Kier alpha value is -3.44. The number of pyridine rings is 1. The quantitative estimate of drug-likeness (QED) is 0.640. The minimum absolute atomic E-state index is 0.216. The van der Waals surface area contributed by atoms with Crippen LogP contribution < -0.4 is 5.32 Å². The molecule has 3 aromatic rings. The highest BCUT2D eigenvalue weighted by Crippen LogP contribution is 2.30. The lowest BCUT2D eigenvalue weighted by Gasteiger charge is -2.08. The molecule has 29 heavy (non-hydrogen) atoms. The number of rotatable bonds is 4. The molecule has 0 radical (unpaired) electrons. The summed E-state index contributed by atoms with van der Waals surface area (Å²) in [7, 11) is 0. The smallest absolute Gasteiger partial charge is 0.329 e. The maximum Gasteiger partial charge on any atom is 0.471 e. The summed E-state index contributed by atoms with van der Waals surface area (Å²) in [6.45, 7) is 0. The maximum atomic E-state index is 12.5. The van der Waals surface area contributed by atoms with Gasteiger partial charge in [0.15, 0.2) is 0 Å². The van der Waals surface area contributed by atoms with E-state index in [4.69, 9.17) is 0 Å². The van der Waals surface area contributed by atoms with Crippen LogP contribution in [0.2, 0.25) is 0 Å². The van der Waals surface area contributed by atoms with E-state index in [1.54, 1.807) is 0 Å². The molecule has 12 heteroatoms. The van der Waals surface area contributed by atoms with E-state index in [1.165, 1.54) is 24.3 Å². The van der Waals surface area contributed by atoms with Crippen molar-refractivity contribution in [2.75, 3.05) is 5.32 Å². The largest absolute Gasteiger partial charge is 0.471 e. The molecule has 0 spiro atoms. The van der Waals surface area contributed by atoms with Crippen LogP contribution in [0.1, 0.15) is 17.1 Å². The van der Waals surface area contributed by atoms with Gasteiger partial charge in [-0.15, -0.1) is 0 Å². The van der Waals surface area contributed by atoms with E-state index in [2.05, 4.69) is 25.0 Å². The molecule has 0 fully saturated rings. The van der Waals surface area contributed by atoms with Crippen LogP contribution in [0.5, 0.6) is 0 Å². The van der Waals surface area contributed by atoms with Gasteiger partial charge in [-0.2, -0.15) is 31.3 Å². The van der Waals surface area contributed by atoms with Gasteiger partial charge >= 0.3 is 18.2 Å². The SMILES string of the molecule is O=C(Cc1ccc(C(F)(F)F)nc1)Nc1ccc(-c2noc(C(F)(F)F)n2)cc1. The number of hydrogen-bond donors (Lipinski definition) is 1. The van der Waals surface area contributed by atoms with E-state index in [0.29, 0.717) is 5.69 Å². The molecule has 0 aliphatic carbocycles. The van der Waals surface area contributed by atoms with E-state index in [9.17, 15) is 31.1 Å². The van der Waals surface area contributed by atoms with Gasteiger partial charge < -0.3 is 9.84 Å². The minimum atomic E-state index is -4.76. The van der Waals surface area contributed by atoms with Gasteiger partial charge in [0.25, 0.3) is 0 Å². The summed E-state index contributed by atoms with van der Waals surface area (Å²) in [5.74, 6) is -2.26. The van der Waals surface area contributed by atoms with Crippen LogP contribution in [0.3, 0.4) is 0 Å². The second-order valence-corrected chi connectivity index (χ2v) is 5.77. The fourth-order valence-corrected chi connectivity index (χ4v) is 2.25. The number of nitrogens with one attached hydrogen (secondary N) is 1. The minimum Gasteiger partial charge on any atom is -0.329 e. The number of hydrogen-bond acceptors (Lipinski definition) is 5. The van der Waals surface area contributed by atoms with Gasteiger partial charge in [-0.25, -0.2) is 0 Å². The Morgan fingerprint density at radius 2 is 1.66 bits per heavy atom. The maximum absolute atomic E-state index is 12.5. The molecule has 6 nitrogen and oxygen atoms in total. The molecular formula is C17H10F6N4O2. The van der Waals surface area contributed by atoms with Gasteiger partial charge in [0.2, 0.25) is 11.7 Å².